The second-order valence-electron chi connectivity index (χ2n) is 3.04. The largest absolute Gasteiger partial charge is 0.310 e. The van der Waals surface area contributed by atoms with E-state index in [1.807, 2.05) is 11.8 Å². The Morgan fingerprint density at radius 2 is 2.17 bits per heavy atom. The summed E-state index contributed by atoms with van der Waals surface area (Å²) in [5.74, 6) is 2.41. The normalized spacial score (nSPS) is 12.9. The van der Waals surface area contributed by atoms with Crippen LogP contribution >= 0.6 is 11.8 Å². The first-order valence-corrected chi connectivity index (χ1v) is 5.83. The molecule has 0 amide bonds. The molecule has 0 aromatic heterocycles. The van der Waals surface area contributed by atoms with Gasteiger partial charge in [0.05, 0.1) is 0 Å². The van der Waals surface area contributed by atoms with Gasteiger partial charge in [0.15, 0.2) is 0 Å². The highest BCUT2D eigenvalue weighted by Crippen LogP contribution is 2.02. The zero-order valence-corrected chi connectivity index (χ0v) is 9.34. The predicted molar refractivity (Wildman–Crippen MR) is 59.9 cm³/mol. The summed E-state index contributed by atoms with van der Waals surface area (Å²) in [5, 5.41) is 3.45. The minimum atomic E-state index is 0.609. The van der Waals surface area contributed by atoms with E-state index in [1.165, 1.54) is 17.1 Å². The summed E-state index contributed by atoms with van der Waals surface area (Å²) in [6.07, 6.45) is 1.08. The third-order valence-electron chi connectivity index (χ3n) is 1.77. The van der Waals surface area contributed by atoms with Gasteiger partial charge in [-0.2, -0.15) is 11.8 Å². The van der Waals surface area contributed by atoms with Gasteiger partial charge in [-0.3, -0.25) is 0 Å². The fourth-order valence-electron chi connectivity index (χ4n) is 0.797. The molecule has 0 fully saturated rings. The molecule has 12 heavy (non-hydrogen) atoms. The highest BCUT2D eigenvalue weighted by molar-refractivity contribution is 7.99. The van der Waals surface area contributed by atoms with E-state index in [2.05, 4.69) is 32.7 Å². The van der Waals surface area contributed by atoms with Crippen molar-refractivity contribution < 1.29 is 0 Å². The highest BCUT2D eigenvalue weighted by atomic mass is 32.2. The minimum Gasteiger partial charge on any atom is -0.310 e. The first kappa shape index (κ1) is 12.0. The van der Waals surface area contributed by atoms with Gasteiger partial charge < -0.3 is 5.32 Å². The molecule has 2 heteroatoms. The fourth-order valence-corrected chi connectivity index (χ4v) is 1.50. The molecule has 0 heterocycles. The zero-order chi connectivity index (χ0) is 9.40. The van der Waals surface area contributed by atoms with Gasteiger partial charge in [0.25, 0.3) is 0 Å². The molecule has 0 aromatic carbocycles. The standard InChI is InChI=1S/C10H21NS/c1-5-9(3)7-11-10(4)8-12-6-2/h10-11H,3,5-8H2,1-2,4H3. The number of hydrogen-bond acceptors (Lipinski definition) is 2. The lowest BCUT2D eigenvalue weighted by molar-refractivity contribution is 0.624. The molecule has 0 aliphatic carbocycles. The smallest absolute Gasteiger partial charge is 0.0164 e. The Hall–Kier alpha value is 0.0500. The average Bonchev–Trinajstić information content (AvgIpc) is 2.10. The molecule has 0 saturated carbocycles. The van der Waals surface area contributed by atoms with Gasteiger partial charge in [0.2, 0.25) is 0 Å². The maximum absolute atomic E-state index is 3.96. The molecule has 72 valence electrons. The van der Waals surface area contributed by atoms with Gasteiger partial charge in [-0.15, -0.1) is 0 Å². The van der Waals surface area contributed by atoms with Crippen molar-refractivity contribution in [2.45, 2.75) is 33.2 Å². The van der Waals surface area contributed by atoms with Crippen LogP contribution in [0.2, 0.25) is 0 Å². The first-order chi connectivity index (χ1) is 5.70. The molecule has 0 aliphatic rings. The van der Waals surface area contributed by atoms with Crippen molar-refractivity contribution in [1.82, 2.24) is 5.32 Å². The molecule has 0 saturated heterocycles. The molecule has 0 aromatic rings. The van der Waals surface area contributed by atoms with Crippen LogP contribution in [0, 0.1) is 0 Å². The molecule has 1 nitrogen and oxygen atoms in total. The van der Waals surface area contributed by atoms with Crippen LogP contribution in [0.25, 0.3) is 0 Å². The van der Waals surface area contributed by atoms with Crippen LogP contribution in [0.3, 0.4) is 0 Å². The Kier molecular flexibility index (Phi) is 7.72. The third kappa shape index (κ3) is 6.74. The van der Waals surface area contributed by atoms with Crippen molar-refractivity contribution in [2.75, 3.05) is 18.1 Å². The van der Waals surface area contributed by atoms with Crippen molar-refractivity contribution in [1.29, 1.82) is 0 Å². The van der Waals surface area contributed by atoms with Crippen LogP contribution in [0.4, 0.5) is 0 Å². The maximum atomic E-state index is 3.96. The van der Waals surface area contributed by atoms with Crippen LogP contribution in [0.1, 0.15) is 27.2 Å². The van der Waals surface area contributed by atoms with E-state index in [0.717, 1.165) is 13.0 Å². The molecular weight excluding hydrogens is 166 g/mol. The molecule has 0 aliphatic heterocycles. The molecule has 1 unspecified atom stereocenters. The van der Waals surface area contributed by atoms with E-state index < -0.39 is 0 Å². The van der Waals surface area contributed by atoms with Crippen molar-refractivity contribution in [3.63, 3.8) is 0 Å². The van der Waals surface area contributed by atoms with E-state index >= 15 is 0 Å². The van der Waals surface area contributed by atoms with Crippen molar-refractivity contribution in [2.24, 2.45) is 0 Å². The van der Waals surface area contributed by atoms with Crippen LogP contribution in [0.5, 0.6) is 0 Å². The Morgan fingerprint density at radius 1 is 1.50 bits per heavy atom. The lowest BCUT2D eigenvalue weighted by Gasteiger charge is -2.13. The summed E-state index contributed by atoms with van der Waals surface area (Å²) in [5.41, 5.74) is 1.29. The van der Waals surface area contributed by atoms with E-state index in [-0.39, 0.29) is 0 Å². The first-order valence-electron chi connectivity index (χ1n) is 4.68. The Morgan fingerprint density at radius 3 is 2.67 bits per heavy atom. The van der Waals surface area contributed by atoms with Gasteiger partial charge in [0.1, 0.15) is 0 Å². The number of rotatable bonds is 7. The van der Waals surface area contributed by atoms with Crippen LogP contribution < -0.4 is 5.32 Å². The molecule has 0 rings (SSSR count). The Labute approximate surface area is 81.0 Å². The summed E-state index contributed by atoms with van der Waals surface area (Å²) < 4.78 is 0. The molecule has 0 spiro atoms. The number of nitrogens with one attached hydrogen (secondary N) is 1. The molecule has 0 bridgehead atoms. The maximum Gasteiger partial charge on any atom is 0.0164 e. The van der Waals surface area contributed by atoms with Crippen molar-refractivity contribution in [3.8, 4) is 0 Å². The zero-order valence-electron chi connectivity index (χ0n) is 8.52. The molecular formula is C10H21NS. The number of thioether (sulfide) groups is 1. The average molecular weight is 187 g/mol. The summed E-state index contributed by atoms with van der Waals surface area (Å²) in [7, 11) is 0. The van der Waals surface area contributed by atoms with Crippen LogP contribution in [-0.4, -0.2) is 24.1 Å². The SMILES string of the molecule is C=C(CC)CNC(C)CSCC. The van der Waals surface area contributed by atoms with Crippen molar-refractivity contribution in [3.05, 3.63) is 12.2 Å². The summed E-state index contributed by atoms with van der Waals surface area (Å²) in [4.78, 5) is 0. The third-order valence-corrected chi connectivity index (χ3v) is 2.92. The van der Waals surface area contributed by atoms with Gasteiger partial charge in [-0.25, -0.2) is 0 Å². The molecule has 0 radical (unpaired) electrons. The summed E-state index contributed by atoms with van der Waals surface area (Å²) in [6, 6.07) is 0.609. The lowest BCUT2D eigenvalue weighted by Crippen LogP contribution is -2.29. The second kappa shape index (κ2) is 7.69. The molecule has 1 atom stereocenters. The van der Waals surface area contributed by atoms with Crippen LogP contribution in [0.15, 0.2) is 12.2 Å². The highest BCUT2D eigenvalue weighted by Gasteiger charge is 1.99. The van der Waals surface area contributed by atoms with Gasteiger partial charge in [0, 0.05) is 18.3 Å². The van der Waals surface area contributed by atoms with E-state index in [9.17, 15) is 0 Å². The van der Waals surface area contributed by atoms with Crippen molar-refractivity contribution >= 4 is 11.8 Å². The Bertz CT molecular complexity index is 123. The quantitative estimate of drug-likeness (QED) is 0.615. The predicted octanol–water partition coefficient (Wildman–Crippen LogP) is 2.68. The van der Waals surface area contributed by atoms with Gasteiger partial charge >= 0.3 is 0 Å². The Balaban J connectivity index is 3.30. The molecule has 1 N–H and O–H groups in total. The monoisotopic (exact) mass is 187 g/mol. The van der Waals surface area contributed by atoms with Gasteiger partial charge in [-0.1, -0.05) is 26.0 Å². The summed E-state index contributed by atoms with van der Waals surface area (Å²) >= 11 is 1.98. The number of hydrogen-bond donors (Lipinski definition) is 1. The fraction of sp³-hybridized carbons (Fsp3) is 0.800. The van der Waals surface area contributed by atoms with E-state index in [1.54, 1.807) is 0 Å². The lowest BCUT2D eigenvalue weighted by atomic mass is 10.2. The summed E-state index contributed by atoms with van der Waals surface area (Å²) in [6.45, 7) is 11.5. The van der Waals surface area contributed by atoms with Gasteiger partial charge in [-0.05, 0) is 19.1 Å². The van der Waals surface area contributed by atoms with Crippen LogP contribution in [-0.2, 0) is 0 Å². The topological polar surface area (TPSA) is 12.0 Å². The minimum absolute atomic E-state index is 0.609. The van der Waals surface area contributed by atoms with E-state index in [4.69, 9.17) is 0 Å². The second-order valence-corrected chi connectivity index (χ2v) is 4.36. The van der Waals surface area contributed by atoms with E-state index in [0.29, 0.717) is 6.04 Å².